The number of ether oxygens (including phenoxy) is 2. The second-order valence-corrected chi connectivity index (χ2v) is 4.95. The van der Waals surface area contributed by atoms with Gasteiger partial charge in [-0.1, -0.05) is 25.5 Å². The van der Waals surface area contributed by atoms with E-state index in [9.17, 15) is 0 Å². The lowest BCUT2D eigenvalue weighted by molar-refractivity contribution is -0.193. The standard InChI is InChI=1S/C12H20O2/c1-9-4-10(2)12(11(3)5-9)6-13-8-14-7-12/h4,10-11H,5-8H2,1-3H3/t10-,11-/m0/s1. The van der Waals surface area contributed by atoms with Gasteiger partial charge < -0.3 is 9.47 Å². The summed E-state index contributed by atoms with van der Waals surface area (Å²) in [6.45, 7) is 9.04. The number of hydrogen-bond acceptors (Lipinski definition) is 2. The summed E-state index contributed by atoms with van der Waals surface area (Å²) in [5.74, 6) is 1.24. The van der Waals surface area contributed by atoms with Gasteiger partial charge in [0.25, 0.3) is 0 Å². The number of allylic oxidation sites excluding steroid dienone is 2. The Morgan fingerprint density at radius 2 is 1.93 bits per heavy atom. The molecule has 0 aromatic carbocycles. The summed E-state index contributed by atoms with van der Waals surface area (Å²) in [6, 6.07) is 0. The molecule has 1 heterocycles. The molecule has 2 nitrogen and oxygen atoms in total. The van der Waals surface area contributed by atoms with Crippen LogP contribution < -0.4 is 0 Å². The highest BCUT2D eigenvalue weighted by Crippen LogP contribution is 2.45. The summed E-state index contributed by atoms with van der Waals surface area (Å²) in [7, 11) is 0. The van der Waals surface area contributed by atoms with E-state index in [1.807, 2.05) is 0 Å². The smallest absolute Gasteiger partial charge is 0.146 e. The first-order valence-corrected chi connectivity index (χ1v) is 5.48. The van der Waals surface area contributed by atoms with Crippen molar-refractivity contribution in [1.82, 2.24) is 0 Å². The minimum absolute atomic E-state index is 0.234. The molecule has 0 amide bonds. The van der Waals surface area contributed by atoms with E-state index in [1.165, 1.54) is 12.0 Å². The third-order valence-corrected chi connectivity index (χ3v) is 3.96. The van der Waals surface area contributed by atoms with E-state index in [0.29, 0.717) is 18.6 Å². The molecule has 0 aromatic rings. The molecular weight excluding hydrogens is 176 g/mol. The van der Waals surface area contributed by atoms with Crippen LogP contribution in [0, 0.1) is 17.3 Å². The number of rotatable bonds is 0. The molecule has 1 aliphatic heterocycles. The number of hydrogen-bond donors (Lipinski definition) is 0. The summed E-state index contributed by atoms with van der Waals surface area (Å²) >= 11 is 0. The monoisotopic (exact) mass is 196 g/mol. The second kappa shape index (κ2) is 3.67. The van der Waals surface area contributed by atoms with E-state index in [-0.39, 0.29) is 5.41 Å². The van der Waals surface area contributed by atoms with Crippen molar-refractivity contribution in [3.05, 3.63) is 11.6 Å². The van der Waals surface area contributed by atoms with Crippen molar-refractivity contribution < 1.29 is 9.47 Å². The quantitative estimate of drug-likeness (QED) is 0.554. The van der Waals surface area contributed by atoms with Crippen LogP contribution >= 0.6 is 0 Å². The Morgan fingerprint density at radius 1 is 1.29 bits per heavy atom. The summed E-state index contributed by atoms with van der Waals surface area (Å²) in [6.07, 6.45) is 3.58. The Bertz CT molecular complexity index is 239. The van der Waals surface area contributed by atoms with Gasteiger partial charge in [-0.2, -0.15) is 0 Å². The van der Waals surface area contributed by atoms with Crippen molar-refractivity contribution in [2.75, 3.05) is 20.0 Å². The van der Waals surface area contributed by atoms with Gasteiger partial charge in [0, 0.05) is 5.41 Å². The zero-order valence-corrected chi connectivity index (χ0v) is 9.38. The first-order chi connectivity index (χ1) is 6.65. The van der Waals surface area contributed by atoms with Gasteiger partial charge in [0.1, 0.15) is 6.79 Å². The van der Waals surface area contributed by atoms with Gasteiger partial charge in [-0.25, -0.2) is 0 Å². The van der Waals surface area contributed by atoms with Gasteiger partial charge in [0.05, 0.1) is 13.2 Å². The van der Waals surface area contributed by atoms with Crippen molar-refractivity contribution in [3.63, 3.8) is 0 Å². The Labute approximate surface area is 86.3 Å². The molecule has 2 rings (SSSR count). The van der Waals surface area contributed by atoms with Crippen LogP contribution in [0.2, 0.25) is 0 Å². The Hall–Kier alpha value is -0.340. The molecule has 1 fully saturated rings. The molecule has 2 atom stereocenters. The summed E-state index contributed by atoms with van der Waals surface area (Å²) in [5, 5.41) is 0. The fraction of sp³-hybridized carbons (Fsp3) is 0.833. The first-order valence-electron chi connectivity index (χ1n) is 5.48. The maximum Gasteiger partial charge on any atom is 0.146 e. The highest BCUT2D eigenvalue weighted by atomic mass is 16.7. The van der Waals surface area contributed by atoms with Crippen LogP contribution in [0.5, 0.6) is 0 Å². The fourth-order valence-electron chi connectivity index (χ4n) is 2.91. The van der Waals surface area contributed by atoms with E-state index in [1.54, 1.807) is 0 Å². The molecule has 80 valence electrons. The van der Waals surface area contributed by atoms with Crippen molar-refractivity contribution >= 4 is 0 Å². The Morgan fingerprint density at radius 3 is 2.50 bits per heavy atom. The minimum atomic E-state index is 0.234. The molecule has 0 aromatic heterocycles. The van der Waals surface area contributed by atoms with Crippen molar-refractivity contribution in [2.45, 2.75) is 27.2 Å². The SMILES string of the molecule is CC1=C[C@H](C)C2(COCOC2)[C@@H](C)C1. The van der Waals surface area contributed by atoms with Gasteiger partial charge >= 0.3 is 0 Å². The maximum atomic E-state index is 5.49. The zero-order valence-electron chi connectivity index (χ0n) is 9.38. The van der Waals surface area contributed by atoms with E-state index >= 15 is 0 Å². The van der Waals surface area contributed by atoms with Crippen LogP contribution in [-0.4, -0.2) is 20.0 Å². The Kier molecular flexibility index (Phi) is 2.67. The lowest BCUT2D eigenvalue weighted by Gasteiger charge is -2.47. The minimum Gasteiger partial charge on any atom is -0.355 e. The molecule has 0 radical (unpaired) electrons. The molecule has 1 spiro atoms. The average Bonchev–Trinajstić information content (AvgIpc) is 2.16. The average molecular weight is 196 g/mol. The molecule has 0 unspecified atom stereocenters. The van der Waals surface area contributed by atoms with Crippen LogP contribution in [0.3, 0.4) is 0 Å². The lowest BCUT2D eigenvalue weighted by atomic mass is 9.63. The fourth-order valence-corrected chi connectivity index (χ4v) is 2.91. The van der Waals surface area contributed by atoms with E-state index < -0.39 is 0 Å². The van der Waals surface area contributed by atoms with Crippen molar-refractivity contribution in [3.8, 4) is 0 Å². The van der Waals surface area contributed by atoms with Crippen LogP contribution in [0.1, 0.15) is 27.2 Å². The van der Waals surface area contributed by atoms with Crippen molar-refractivity contribution in [1.29, 1.82) is 0 Å². The molecule has 0 saturated carbocycles. The Balaban J connectivity index is 2.23. The lowest BCUT2D eigenvalue weighted by Crippen LogP contribution is -2.48. The zero-order chi connectivity index (χ0) is 10.2. The molecule has 1 saturated heterocycles. The normalized spacial score (nSPS) is 36.9. The molecule has 1 aliphatic carbocycles. The van der Waals surface area contributed by atoms with Gasteiger partial charge in [-0.3, -0.25) is 0 Å². The summed E-state index contributed by atoms with van der Waals surface area (Å²) in [5.41, 5.74) is 1.75. The van der Waals surface area contributed by atoms with E-state index in [4.69, 9.17) is 9.47 Å². The second-order valence-electron chi connectivity index (χ2n) is 4.95. The highest BCUT2D eigenvalue weighted by molar-refractivity contribution is 5.13. The maximum absolute atomic E-state index is 5.49. The topological polar surface area (TPSA) is 18.5 Å². The molecule has 0 N–H and O–H groups in total. The third kappa shape index (κ3) is 1.51. The first kappa shape index (κ1) is 10.2. The van der Waals surface area contributed by atoms with Crippen LogP contribution in [0.15, 0.2) is 11.6 Å². The van der Waals surface area contributed by atoms with Gasteiger partial charge in [0.2, 0.25) is 0 Å². The molecule has 2 aliphatic rings. The van der Waals surface area contributed by atoms with Crippen LogP contribution in [0.4, 0.5) is 0 Å². The predicted molar refractivity (Wildman–Crippen MR) is 55.9 cm³/mol. The van der Waals surface area contributed by atoms with E-state index in [0.717, 1.165) is 13.2 Å². The van der Waals surface area contributed by atoms with Gasteiger partial charge in [-0.15, -0.1) is 0 Å². The van der Waals surface area contributed by atoms with E-state index in [2.05, 4.69) is 26.8 Å². The highest BCUT2D eigenvalue weighted by Gasteiger charge is 2.44. The van der Waals surface area contributed by atoms with Crippen molar-refractivity contribution in [2.24, 2.45) is 17.3 Å². The van der Waals surface area contributed by atoms with Gasteiger partial charge in [-0.05, 0) is 25.2 Å². The van der Waals surface area contributed by atoms with Crippen LogP contribution in [-0.2, 0) is 9.47 Å². The molecule has 2 heteroatoms. The molecule has 14 heavy (non-hydrogen) atoms. The molecular formula is C12H20O2. The largest absolute Gasteiger partial charge is 0.355 e. The molecule has 0 bridgehead atoms. The third-order valence-electron chi connectivity index (χ3n) is 3.96. The summed E-state index contributed by atoms with van der Waals surface area (Å²) < 4.78 is 11.0. The predicted octanol–water partition coefficient (Wildman–Crippen LogP) is 2.60. The van der Waals surface area contributed by atoms with Crippen LogP contribution in [0.25, 0.3) is 0 Å². The van der Waals surface area contributed by atoms with Gasteiger partial charge in [0.15, 0.2) is 0 Å². The summed E-state index contributed by atoms with van der Waals surface area (Å²) in [4.78, 5) is 0.